The number of nitrogens with one attached hydrogen (secondary N) is 1. The van der Waals surface area contributed by atoms with Crippen LogP contribution in [0.5, 0.6) is 0 Å². The first-order valence-electron chi connectivity index (χ1n) is 12.0. The highest BCUT2D eigenvalue weighted by Gasteiger charge is 2.18. The second-order valence-electron chi connectivity index (χ2n) is 8.84. The summed E-state index contributed by atoms with van der Waals surface area (Å²) in [4.78, 5) is 27.8. The number of piperidine rings is 1. The lowest BCUT2D eigenvalue weighted by Gasteiger charge is -2.30. The molecule has 0 saturated carbocycles. The summed E-state index contributed by atoms with van der Waals surface area (Å²) in [6, 6.07) is 23.3. The minimum Gasteiger partial charge on any atom is -0.370 e. The summed E-state index contributed by atoms with van der Waals surface area (Å²) >= 11 is 0. The molecule has 1 aliphatic heterocycles. The molecule has 1 fully saturated rings. The minimum absolute atomic E-state index is 0.131. The van der Waals surface area contributed by atoms with Crippen molar-refractivity contribution in [1.29, 1.82) is 0 Å². The van der Waals surface area contributed by atoms with Crippen LogP contribution in [0.3, 0.4) is 0 Å². The largest absolute Gasteiger partial charge is 0.370 e. The predicted octanol–water partition coefficient (Wildman–Crippen LogP) is 5.24. The fraction of sp³-hybridized carbons (Fsp3) is 0.207. The van der Waals surface area contributed by atoms with Crippen LogP contribution in [-0.4, -0.2) is 28.8 Å². The van der Waals surface area contributed by atoms with E-state index in [9.17, 15) is 9.59 Å². The average Bonchev–Trinajstić information content (AvgIpc) is 2.91. The third-order valence-corrected chi connectivity index (χ3v) is 6.41. The van der Waals surface area contributed by atoms with E-state index in [1.54, 1.807) is 13.1 Å². The highest BCUT2D eigenvalue weighted by atomic mass is 16.1. The summed E-state index contributed by atoms with van der Waals surface area (Å²) in [5.74, 6) is -0.192. The van der Waals surface area contributed by atoms with Crippen LogP contribution in [0, 0.1) is 0 Å². The van der Waals surface area contributed by atoms with Gasteiger partial charge in [0.05, 0.1) is 22.5 Å². The van der Waals surface area contributed by atoms with Crippen LogP contribution >= 0.6 is 0 Å². The molecule has 4 aromatic rings. The number of fused-ring (bicyclic) bond motifs is 1. The molecule has 5 rings (SSSR count). The Morgan fingerprint density at radius 2 is 1.63 bits per heavy atom. The van der Waals surface area contributed by atoms with Crippen molar-refractivity contribution in [3.8, 4) is 11.3 Å². The molecule has 1 aliphatic rings. The molecule has 1 N–H and O–H groups in total. The van der Waals surface area contributed by atoms with Crippen LogP contribution in [-0.2, 0) is 11.8 Å². The maximum absolute atomic E-state index is 12.9. The van der Waals surface area contributed by atoms with Gasteiger partial charge in [0, 0.05) is 37.2 Å². The Labute approximate surface area is 204 Å². The Balaban J connectivity index is 1.55. The van der Waals surface area contributed by atoms with E-state index in [-0.39, 0.29) is 11.5 Å². The fourth-order valence-electron chi connectivity index (χ4n) is 4.62. The zero-order valence-corrected chi connectivity index (χ0v) is 19.8. The molecule has 6 heteroatoms. The molecule has 6 nitrogen and oxygen atoms in total. The zero-order valence-electron chi connectivity index (χ0n) is 19.8. The van der Waals surface area contributed by atoms with Gasteiger partial charge in [0.1, 0.15) is 0 Å². The molecule has 176 valence electrons. The summed E-state index contributed by atoms with van der Waals surface area (Å²) in [5.41, 5.74) is 4.14. The minimum atomic E-state index is -0.192. The van der Waals surface area contributed by atoms with Gasteiger partial charge in [-0.05, 0) is 49.1 Å². The SMILES string of the molecule is Cn1nc(-c2ccc(N3CCCCC3)c(NC(=O)C=Cc3ccccc3)c2)c2ccccc2c1=O. The van der Waals surface area contributed by atoms with E-state index in [4.69, 9.17) is 0 Å². The van der Waals surface area contributed by atoms with Crippen LogP contribution in [0.1, 0.15) is 24.8 Å². The number of carbonyl (C=O) groups excluding carboxylic acids is 1. The Hall–Kier alpha value is -4.19. The monoisotopic (exact) mass is 464 g/mol. The maximum Gasteiger partial charge on any atom is 0.274 e. The number of aryl methyl sites for hydroxylation is 1. The van der Waals surface area contributed by atoms with E-state index < -0.39 is 0 Å². The lowest BCUT2D eigenvalue weighted by atomic mass is 10.0. The number of hydrogen-bond acceptors (Lipinski definition) is 4. The quantitative estimate of drug-likeness (QED) is 0.410. The predicted molar refractivity (Wildman–Crippen MR) is 143 cm³/mol. The van der Waals surface area contributed by atoms with Crippen LogP contribution in [0.2, 0.25) is 0 Å². The molecule has 1 saturated heterocycles. The van der Waals surface area contributed by atoms with Crippen LogP contribution in [0.25, 0.3) is 28.1 Å². The van der Waals surface area contributed by atoms with Crippen molar-refractivity contribution in [2.45, 2.75) is 19.3 Å². The zero-order chi connectivity index (χ0) is 24.2. The molecule has 2 heterocycles. The molecule has 0 spiro atoms. The summed E-state index contributed by atoms with van der Waals surface area (Å²) in [5, 5.41) is 9.09. The van der Waals surface area contributed by atoms with E-state index in [0.717, 1.165) is 53.8 Å². The van der Waals surface area contributed by atoms with Gasteiger partial charge < -0.3 is 10.2 Å². The van der Waals surface area contributed by atoms with Crippen LogP contribution in [0.4, 0.5) is 11.4 Å². The molecule has 0 bridgehead atoms. The number of nitrogens with zero attached hydrogens (tertiary/aromatic N) is 3. The van der Waals surface area contributed by atoms with Gasteiger partial charge >= 0.3 is 0 Å². The van der Waals surface area contributed by atoms with Crippen molar-refractivity contribution in [2.24, 2.45) is 7.05 Å². The Bertz CT molecular complexity index is 1450. The number of carbonyl (C=O) groups is 1. The van der Waals surface area contributed by atoms with Crippen molar-refractivity contribution in [1.82, 2.24) is 9.78 Å². The molecule has 35 heavy (non-hydrogen) atoms. The first-order chi connectivity index (χ1) is 17.1. The van der Waals surface area contributed by atoms with Gasteiger partial charge in [-0.2, -0.15) is 5.10 Å². The van der Waals surface area contributed by atoms with Crippen molar-refractivity contribution in [2.75, 3.05) is 23.3 Å². The molecular weight excluding hydrogens is 436 g/mol. The number of anilines is 2. The van der Waals surface area contributed by atoms with Crippen molar-refractivity contribution < 1.29 is 4.79 Å². The summed E-state index contributed by atoms with van der Waals surface area (Å²) in [6.45, 7) is 1.92. The van der Waals surface area contributed by atoms with Gasteiger partial charge in [0.15, 0.2) is 0 Å². The Morgan fingerprint density at radius 1 is 0.914 bits per heavy atom. The standard InChI is InChI=1S/C29H28N4O2/c1-32-29(35)24-13-7-6-12-23(24)28(31-32)22-15-16-26(33-18-8-3-9-19-33)25(20-22)30-27(34)17-14-21-10-4-2-5-11-21/h2,4-7,10-17,20H,3,8-9,18-19H2,1H3,(H,30,34). The van der Waals surface area contributed by atoms with Gasteiger partial charge in [0.25, 0.3) is 5.56 Å². The van der Waals surface area contributed by atoms with E-state index in [1.165, 1.54) is 11.1 Å². The van der Waals surface area contributed by atoms with E-state index in [2.05, 4.69) is 21.4 Å². The number of hydrogen-bond donors (Lipinski definition) is 1. The van der Waals surface area contributed by atoms with Crippen molar-refractivity contribution in [3.05, 3.63) is 94.8 Å². The van der Waals surface area contributed by atoms with Crippen molar-refractivity contribution in [3.63, 3.8) is 0 Å². The van der Waals surface area contributed by atoms with Gasteiger partial charge in [-0.3, -0.25) is 9.59 Å². The first kappa shape index (κ1) is 22.6. The molecule has 1 aromatic heterocycles. The second-order valence-corrected chi connectivity index (χ2v) is 8.84. The van der Waals surface area contributed by atoms with E-state index >= 15 is 0 Å². The molecule has 1 amide bonds. The molecular formula is C29H28N4O2. The molecule has 0 radical (unpaired) electrons. The Kier molecular flexibility index (Phi) is 6.44. The van der Waals surface area contributed by atoms with E-state index in [1.807, 2.05) is 72.8 Å². The lowest BCUT2D eigenvalue weighted by Crippen LogP contribution is -2.30. The summed E-state index contributed by atoms with van der Waals surface area (Å²) in [7, 11) is 1.66. The van der Waals surface area contributed by atoms with Crippen LogP contribution in [0.15, 0.2) is 83.7 Å². The average molecular weight is 465 g/mol. The summed E-state index contributed by atoms with van der Waals surface area (Å²) < 4.78 is 1.37. The third-order valence-electron chi connectivity index (χ3n) is 6.41. The smallest absolute Gasteiger partial charge is 0.274 e. The highest BCUT2D eigenvalue weighted by molar-refractivity contribution is 6.05. The van der Waals surface area contributed by atoms with E-state index in [0.29, 0.717) is 11.1 Å². The summed E-state index contributed by atoms with van der Waals surface area (Å²) in [6.07, 6.45) is 6.86. The molecule has 0 aliphatic carbocycles. The molecule has 0 unspecified atom stereocenters. The third kappa shape index (κ3) is 4.87. The normalized spacial score (nSPS) is 13.9. The fourth-order valence-corrected chi connectivity index (χ4v) is 4.62. The van der Waals surface area contributed by atoms with Gasteiger partial charge in [0.2, 0.25) is 5.91 Å². The van der Waals surface area contributed by atoms with Gasteiger partial charge in [-0.15, -0.1) is 0 Å². The first-order valence-corrected chi connectivity index (χ1v) is 12.0. The van der Waals surface area contributed by atoms with Crippen LogP contribution < -0.4 is 15.8 Å². The number of rotatable bonds is 5. The van der Waals surface area contributed by atoms with Crippen molar-refractivity contribution >= 4 is 34.1 Å². The second kappa shape index (κ2) is 9.97. The topological polar surface area (TPSA) is 67.2 Å². The maximum atomic E-state index is 12.9. The molecule has 3 aromatic carbocycles. The highest BCUT2D eigenvalue weighted by Crippen LogP contribution is 2.34. The Morgan fingerprint density at radius 3 is 2.40 bits per heavy atom. The van der Waals surface area contributed by atoms with Gasteiger partial charge in [-0.25, -0.2) is 4.68 Å². The number of aromatic nitrogens is 2. The lowest BCUT2D eigenvalue weighted by molar-refractivity contribution is -0.111. The van der Waals surface area contributed by atoms with Gasteiger partial charge in [-0.1, -0.05) is 54.6 Å². The number of amides is 1. The number of benzene rings is 3. The molecule has 0 atom stereocenters.